The Balaban J connectivity index is 1.03. The number of rotatable bonds is 14. The van der Waals surface area contributed by atoms with E-state index >= 15 is 0 Å². The molecule has 6 rings (SSSR count). The number of benzene rings is 3. The molecule has 1 atom stereocenters. The van der Waals surface area contributed by atoms with Gasteiger partial charge >= 0.3 is 0 Å². The Morgan fingerprint density at radius 3 is 2.22 bits per heavy atom. The summed E-state index contributed by atoms with van der Waals surface area (Å²) in [5.41, 5.74) is 3.84. The topological polar surface area (TPSA) is 148 Å². The van der Waals surface area contributed by atoms with E-state index in [-0.39, 0.29) is 53.7 Å². The van der Waals surface area contributed by atoms with Crippen molar-refractivity contribution in [1.82, 2.24) is 20.2 Å². The first-order valence-electron chi connectivity index (χ1n) is 16.8. The van der Waals surface area contributed by atoms with Crippen LogP contribution in [-0.4, -0.2) is 76.9 Å². The lowest BCUT2D eigenvalue weighted by molar-refractivity contribution is -0.124. The highest BCUT2D eigenvalue weighted by Crippen LogP contribution is 2.35. The Labute approximate surface area is 295 Å². The van der Waals surface area contributed by atoms with Crippen molar-refractivity contribution in [2.45, 2.75) is 57.8 Å². The van der Waals surface area contributed by atoms with E-state index in [0.29, 0.717) is 30.8 Å². The van der Waals surface area contributed by atoms with E-state index in [1.165, 1.54) is 14.0 Å². The number of Topliss-reactive ketones (excluding diaryl/α,β-unsaturated/α-hetero) is 1. The largest absolute Gasteiger partial charge is 0.487 e. The van der Waals surface area contributed by atoms with Crippen LogP contribution in [0.25, 0.3) is 0 Å². The second kappa shape index (κ2) is 14.5. The molecule has 1 fully saturated rings. The molecule has 0 saturated carbocycles. The zero-order valence-electron chi connectivity index (χ0n) is 28.9. The van der Waals surface area contributed by atoms with Gasteiger partial charge in [0, 0.05) is 37.7 Å². The third kappa shape index (κ3) is 7.21. The number of nitrogens with zero attached hydrogens (tertiary/aromatic N) is 4. The van der Waals surface area contributed by atoms with Crippen LogP contribution >= 0.6 is 0 Å². The number of ketones is 1. The number of carbonyl (C=O) groups is 5. The SMILES string of the molecule is CNC(=O)C(CCC=O)N1C(=O)c2ccc(N3CC(Oc4ccc(C(C)(C)c5ccc(OCc6ccnc(C(C)=O)n6)cc5)cc4)C3)cc2C1=O. The minimum absolute atomic E-state index is 0.0511. The van der Waals surface area contributed by atoms with Crippen LogP contribution in [0.15, 0.2) is 79.0 Å². The predicted octanol–water partition coefficient (Wildman–Crippen LogP) is 4.54. The van der Waals surface area contributed by atoms with Crippen molar-refractivity contribution in [3.05, 3.63) is 113 Å². The van der Waals surface area contributed by atoms with E-state index in [2.05, 4.69) is 46.2 Å². The first-order valence-corrected chi connectivity index (χ1v) is 16.8. The summed E-state index contributed by atoms with van der Waals surface area (Å²) in [6.45, 7) is 7.17. The van der Waals surface area contributed by atoms with Gasteiger partial charge in [0.15, 0.2) is 11.6 Å². The van der Waals surface area contributed by atoms with E-state index in [1.807, 2.05) is 36.4 Å². The number of ether oxygens (including phenoxy) is 2. The quantitative estimate of drug-likeness (QED) is 0.114. The molecular formula is C39H39N5O7. The number of carbonyl (C=O) groups excluding carboxylic acids is 5. The van der Waals surface area contributed by atoms with Crippen molar-refractivity contribution >= 4 is 35.5 Å². The Kier molecular flexibility index (Phi) is 9.95. The number of anilines is 1. The lowest BCUT2D eigenvalue weighted by atomic mass is 9.78. The summed E-state index contributed by atoms with van der Waals surface area (Å²) in [5, 5.41) is 2.49. The molecule has 2 aliphatic heterocycles. The zero-order valence-corrected chi connectivity index (χ0v) is 28.9. The Morgan fingerprint density at radius 1 is 0.941 bits per heavy atom. The van der Waals surface area contributed by atoms with Gasteiger partial charge in [-0.1, -0.05) is 38.1 Å². The molecule has 1 N–H and O–H groups in total. The van der Waals surface area contributed by atoms with Gasteiger partial charge in [-0.25, -0.2) is 9.97 Å². The molecular weight excluding hydrogens is 650 g/mol. The van der Waals surface area contributed by atoms with Crippen LogP contribution in [0.4, 0.5) is 5.69 Å². The van der Waals surface area contributed by atoms with Crippen LogP contribution in [0.5, 0.6) is 11.5 Å². The molecule has 51 heavy (non-hydrogen) atoms. The first-order chi connectivity index (χ1) is 24.5. The standard InChI is InChI=1S/C39H39N5O7/c1-24(46)35-41-18-17-27(42-35)23-50-29-12-7-25(8-13-29)39(2,3)26-9-14-30(15-10-26)51-31-21-43(22-31)28-11-16-32-33(20-28)38(49)44(37(32)48)34(6-5-19-45)36(47)40-4/h7-20,31,34H,5-6,21-23H2,1-4H3,(H,40,47). The second-order valence-corrected chi connectivity index (χ2v) is 13.1. The molecule has 12 heteroatoms. The third-order valence-electron chi connectivity index (χ3n) is 9.40. The van der Waals surface area contributed by atoms with Gasteiger partial charge in [0.05, 0.1) is 29.9 Å². The average molecular weight is 690 g/mol. The fourth-order valence-electron chi connectivity index (χ4n) is 6.30. The summed E-state index contributed by atoms with van der Waals surface area (Å²) in [6.07, 6.45) is 2.27. The minimum Gasteiger partial charge on any atom is -0.487 e. The molecule has 262 valence electrons. The van der Waals surface area contributed by atoms with Gasteiger partial charge in [0.2, 0.25) is 5.91 Å². The molecule has 3 heterocycles. The third-order valence-corrected chi connectivity index (χ3v) is 9.40. The van der Waals surface area contributed by atoms with Crippen molar-refractivity contribution in [2.75, 3.05) is 25.0 Å². The number of imide groups is 1. The van der Waals surface area contributed by atoms with Crippen LogP contribution in [0.1, 0.15) is 81.8 Å². The molecule has 1 unspecified atom stereocenters. The van der Waals surface area contributed by atoms with Gasteiger partial charge in [-0.2, -0.15) is 0 Å². The van der Waals surface area contributed by atoms with Gasteiger partial charge in [-0.15, -0.1) is 0 Å². The molecule has 0 spiro atoms. The lowest BCUT2D eigenvalue weighted by Gasteiger charge is -2.40. The smallest absolute Gasteiger partial charge is 0.262 e. The van der Waals surface area contributed by atoms with Gasteiger partial charge in [-0.3, -0.25) is 24.1 Å². The lowest BCUT2D eigenvalue weighted by Crippen LogP contribution is -2.54. The highest BCUT2D eigenvalue weighted by atomic mass is 16.5. The Morgan fingerprint density at radius 2 is 1.59 bits per heavy atom. The number of aldehydes is 1. The highest BCUT2D eigenvalue weighted by molar-refractivity contribution is 6.23. The molecule has 3 aromatic carbocycles. The fraction of sp³-hybridized carbons (Fsp3) is 0.308. The first kappa shape index (κ1) is 34.9. The maximum Gasteiger partial charge on any atom is 0.262 e. The molecule has 3 amide bonds. The summed E-state index contributed by atoms with van der Waals surface area (Å²) in [7, 11) is 1.43. The molecule has 0 radical (unpaired) electrons. The number of hydrogen-bond donors (Lipinski definition) is 1. The van der Waals surface area contributed by atoms with Gasteiger partial charge in [-0.05, 0) is 66.1 Å². The number of likely N-dealkylation sites (N-methyl/N-ethyl adjacent to an activating group) is 1. The number of fused-ring (bicyclic) bond motifs is 1. The average Bonchev–Trinajstić information content (AvgIpc) is 3.37. The summed E-state index contributed by atoms with van der Waals surface area (Å²) >= 11 is 0. The fourth-order valence-corrected chi connectivity index (χ4v) is 6.30. The summed E-state index contributed by atoms with van der Waals surface area (Å²) in [6, 6.07) is 21.8. The number of aromatic nitrogens is 2. The summed E-state index contributed by atoms with van der Waals surface area (Å²) in [5.74, 6) is -0.149. The number of hydrogen-bond acceptors (Lipinski definition) is 10. The van der Waals surface area contributed by atoms with Crippen LogP contribution < -0.4 is 19.7 Å². The van der Waals surface area contributed by atoms with Crippen LogP contribution in [-0.2, 0) is 21.6 Å². The van der Waals surface area contributed by atoms with Crippen molar-refractivity contribution in [3.63, 3.8) is 0 Å². The van der Waals surface area contributed by atoms with Crippen molar-refractivity contribution in [2.24, 2.45) is 0 Å². The zero-order chi connectivity index (χ0) is 36.3. The maximum atomic E-state index is 13.3. The van der Waals surface area contributed by atoms with E-state index in [9.17, 15) is 24.0 Å². The van der Waals surface area contributed by atoms with Crippen LogP contribution in [0, 0.1) is 0 Å². The monoisotopic (exact) mass is 689 g/mol. The van der Waals surface area contributed by atoms with Crippen LogP contribution in [0.3, 0.4) is 0 Å². The molecule has 4 aromatic rings. The normalized spacial score (nSPS) is 14.8. The molecule has 1 aromatic heterocycles. The minimum atomic E-state index is -1.05. The highest BCUT2D eigenvalue weighted by Gasteiger charge is 2.43. The van der Waals surface area contributed by atoms with Gasteiger partial charge in [0.1, 0.15) is 36.5 Å². The van der Waals surface area contributed by atoms with E-state index < -0.39 is 23.8 Å². The Bertz CT molecular complexity index is 1970. The number of amides is 3. The molecule has 2 aliphatic rings. The van der Waals surface area contributed by atoms with Crippen LogP contribution in [0.2, 0.25) is 0 Å². The van der Waals surface area contributed by atoms with E-state index in [0.717, 1.165) is 27.5 Å². The number of nitrogens with one attached hydrogen (secondary N) is 1. The van der Waals surface area contributed by atoms with Gasteiger partial charge < -0.3 is 24.5 Å². The van der Waals surface area contributed by atoms with Crippen molar-refractivity contribution in [3.8, 4) is 11.5 Å². The van der Waals surface area contributed by atoms with E-state index in [1.54, 1.807) is 30.5 Å². The molecule has 0 bridgehead atoms. The Hall–Kier alpha value is -5.91. The summed E-state index contributed by atoms with van der Waals surface area (Å²) in [4.78, 5) is 72.6. The van der Waals surface area contributed by atoms with Gasteiger partial charge in [0.25, 0.3) is 11.8 Å². The van der Waals surface area contributed by atoms with E-state index in [4.69, 9.17) is 9.47 Å². The summed E-state index contributed by atoms with van der Waals surface area (Å²) < 4.78 is 12.1. The second-order valence-electron chi connectivity index (χ2n) is 13.1. The molecule has 1 saturated heterocycles. The molecule has 0 aliphatic carbocycles. The van der Waals surface area contributed by atoms with Crippen molar-refractivity contribution < 1.29 is 33.4 Å². The molecule has 12 nitrogen and oxygen atoms in total. The predicted molar refractivity (Wildman–Crippen MR) is 188 cm³/mol. The maximum absolute atomic E-state index is 13.3. The van der Waals surface area contributed by atoms with Crippen molar-refractivity contribution in [1.29, 1.82) is 0 Å².